The summed E-state index contributed by atoms with van der Waals surface area (Å²) in [5, 5.41) is 8.35. The lowest BCUT2D eigenvalue weighted by Gasteiger charge is -2.13. The van der Waals surface area contributed by atoms with E-state index in [1.165, 1.54) is 4.68 Å². The molecule has 1 fully saturated rings. The maximum Gasteiger partial charge on any atom is 0.274 e. The molecule has 0 spiro atoms. The molecular weight excluding hydrogens is 342 g/mol. The van der Waals surface area contributed by atoms with E-state index in [1.54, 1.807) is 18.2 Å². The van der Waals surface area contributed by atoms with E-state index in [0.29, 0.717) is 23.9 Å². The highest BCUT2D eigenvalue weighted by Crippen LogP contribution is 2.15. The molecule has 2 heterocycles. The average molecular weight is 363 g/mol. The van der Waals surface area contributed by atoms with E-state index in [-0.39, 0.29) is 23.3 Å². The fraction of sp³-hybridized carbons (Fsp3) is 0.286. The van der Waals surface area contributed by atoms with Gasteiger partial charge in [0.15, 0.2) is 5.69 Å². The Labute approximate surface area is 156 Å². The fourth-order valence-corrected chi connectivity index (χ4v) is 3.36. The van der Waals surface area contributed by atoms with Gasteiger partial charge in [0.2, 0.25) is 0 Å². The molecule has 1 N–H and O–H groups in total. The molecule has 1 aliphatic rings. The summed E-state index contributed by atoms with van der Waals surface area (Å²) in [7, 11) is 0. The number of hydrogen-bond acceptors (Lipinski definition) is 4. The predicted molar refractivity (Wildman–Crippen MR) is 103 cm³/mol. The standard InChI is InChI=1S/C21H21N3O3/c25-20(22-13-16-9-6-12-27-16)19-17-10-4-5-11-18(17)21(26)24(23-19)14-15-7-2-1-3-8-15/h1-5,7-8,10-11,16H,6,9,12-14H2,(H,22,25)/t16-/m1/s1. The molecule has 1 saturated heterocycles. The molecule has 27 heavy (non-hydrogen) atoms. The van der Waals surface area contributed by atoms with Crippen molar-refractivity contribution in [3.63, 3.8) is 0 Å². The minimum Gasteiger partial charge on any atom is -0.376 e. The van der Waals surface area contributed by atoms with E-state index in [0.717, 1.165) is 25.0 Å². The molecule has 1 aliphatic heterocycles. The van der Waals surface area contributed by atoms with E-state index < -0.39 is 0 Å². The minimum atomic E-state index is -0.288. The highest BCUT2D eigenvalue weighted by Gasteiger charge is 2.20. The van der Waals surface area contributed by atoms with Crippen LogP contribution in [0.15, 0.2) is 59.4 Å². The highest BCUT2D eigenvalue weighted by molar-refractivity contribution is 6.04. The summed E-state index contributed by atoms with van der Waals surface area (Å²) in [5.41, 5.74) is 1.01. The second-order valence-corrected chi connectivity index (χ2v) is 6.69. The second kappa shape index (κ2) is 7.72. The number of nitrogens with one attached hydrogen (secondary N) is 1. The zero-order chi connectivity index (χ0) is 18.6. The number of carbonyl (C=O) groups is 1. The third-order valence-corrected chi connectivity index (χ3v) is 4.77. The van der Waals surface area contributed by atoms with Crippen molar-refractivity contribution >= 4 is 16.7 Å². The van der Waals surface area contributed by atoms with Crippen LogP contribution in [-0.2, 0) is 11.3 Å². The SMILES string of the molecule is O=C(NC[C@H]1CCCO1)c1nn(Cc2ccccc2)c(=O)c2ccccc12. The Hall–Kier alpha value is -2.99. The first kappa shape index (κ1) is 17.4. The number of ether oxygens (including phenoxy) is 1. The van der Waals surface area contributed by atoms with Crippen LogP contribution in [-0.4, -0.2) is 34.9 Å². The Bertz CT molecular complexity index is 1010. The molecule has 1 amide bonds. The van der Waals surface area contributed by atoms with Gasteiger partial charge in [-0.25, -0.2) is 4.68 Å². The molecule has 0 unspecified atom stereocenters. The molecule has 0 saturated carbocycles. The van der Waals surface area contributed by atoms with Crippen molar-refractivity contribution in [2.24, 2.45) is 0 Å². The third-order valence-electron chi connectivity index (χ3n) is 4.77. The number of nitrogens with zero attached hydrogens (tertiary/aromatic N) is 2. The lowest BCUT2D eigenvalue weighted by atomic mass is 10.1. The molecule has 3 aromatic rings. The number of amides is 1. The van der Waals surface area contributed by atoms with Crippen LogP contribution in [0.4, 0.5) is 0 Å². The Kier molecular flexibility index (Phi) is 4.98. The fourth-order valence-electron chi connectivity index (χ4n) is 3.36. The minimum absolute atomic E-state index is 0.0513. The van der Waals surface area contributed by atoms with Crippen molar-refractivity contribution < 1.29 is 9.53 Å². The molecule has 6 nitrogen and oxygen atoms in total. The topological polar surface area (TPSA) is 73.2 Å². The van der Waals surface area contributed by atoms with Crippen molar-refractivity contribution in [3.8, 4) is 0 Å². The average Bonchev–Trinajstić information content (AvgIpc) is 3.23. The number of rotatable bonds is 5. The molecule has 1 aromatic heterocycles. The first-order chi connectivity index (χ1) is 13.2. The van der Waals surface area contributed by atoms with Crippen molar-refractivity contribution in [1.29, 1.82) is 0 Å². The van der Waals surface area contributed by atoms with Gasteiger partial charge in [-0.2, -0.15) is 5.10 Å². The smallest absolute Gasteiger partial charge is 0.274 e. The summed E-state index contributed by atoms with van der Waals surface area (Å²) >= 11 is 0. The molecule has 0 bridgehead atoms. The zero-order valence-corrected chi connectivity index (χ0v) is 14.9. The van der Waals surface area contributed by atoms with Crippen LogP contribution in [0.3, 0.4) is 0 Å². The lowest BCUT2D eigenvalue weighted by Crippen LogP contribution is -2.34. The molecular formula is C21H21N3O3. The first-order valence-electron chi connectivity index (χ1n) is 9.16. The Balaban J connectivity index is 1.69. The summed E-state index contributed by atoms with van der Waals surface area (Å²) in [4.78, 5) is 25.6. The largest absolute Gasteiger partial charge is 0.376 e. The number of carbonyl (C=O) groups excluding carboxylic acids is 1. The summed E-state index contributed by atoms with van der Waals surface area (Å²) in [6.45, 7) is 1.51. The van der Waals surface area contributed by atoms with E-state index in [2.05, 4.69) is 10.4 Å². The second-order valence-electron chi connectivity index (χ2n) is 6.69. The lowest BCUT2D eigenvalue weighted by molar-refractivity contribution is 0.0853. The van der Waals surface area contributed by atoms with E-state index >= 15 is 0 Å². The van der Waals surface area contributed by atoms with Crippen LogP contribution in [0.2, 0.25) is 0 Å². The van der Waals surface area contributed by atoms with E-state index in [9.17, 15) is 9.59 Å². The van der Waals surface area contributed by atoms with Crippen LogP contribution in [0, 0.1) is 0 Å². The Morgan fingerprint density at radius 2 is 1.85 bits per heavy atom. The number of benzene rings is 2. The van der Waals surface area contributed by atoms with Crippen molar-refractivity contribution in [2.75, 3.05) is 13.2 Å². The molecule has 4 rings (SSSR count). The molecule has 1 atom stereocenters. The van der Waals surface area contributed by atoms with Gasteiger partial charge in [-0.15, -0.1) is 0 Å². The van der Waals surface area contributed by atoms with Crippen molar-refractivity contribution in [1.82, 2.24) is 15.1 Å². The molecule has 6 heteroatoms. The summed E-state index contributed by atoms with van der Waals surface area (Å²) in [6.07, 6.45) is 2.02. The van der Waals surface area contributed by atoms with Crippen LogP contribution in [0.5, 0.6) is 0 Å². The van der Waals surface area contributed by atoms with Gasteiger partial charge in [-0.1, -0.05) is 48.5 Å². The van der Waals surface area contributed by atoms with Gasteiger partial charge in [-0.05, 0) is 24.5 Å². The predicted octanol–water partition coefficient (Wildman–Crippen LogP) is 2.35. The van der Waals surface area contributed by atoms with E-state index in [1.807, 2.05) is 36.4 Å². The summed E-state index contributed by atoms with van der Waals surface area (Å²) in [6, 6.07) is 16.7. The third kappa shape index (κ3) is 3.75. The summed E-state index contributed by atoms with van der Waals surface area (Å²) in [5.74, 6) is -0.288. The van der Waals surface area contributed by atoms with E-state index in [4.69, 9.17) is 4.74 Å². The van der Waals surface area contributed by atoms with Gasteiger partial charge in [0.25, 0.3) is 11.5 Å². The van der Waals surface area contributed by atoms with Gasteiger partial charge >= 0.3 is 0 Å². The number of aromatic nitrogens is 2. The van der Waals surface area contributed by atoms with Gasteiger partial charge in [0, 0.05) is 18.5 Å². The maximum absolute atomic E-state index is 12.8. The molecule has 0 aliphatic carbocycles. The molecule has 0 radical (unpaired) electrons. The normalized spacial score (nSPS) is 16.5. The summed E-state index contributed by atoms with van der Waals surface area (Å²) < 4.78 is 6.92. The van der Waals surface area contributed by atoms with Crippen molar-refractivity contribution in [2.45, 2.75) is 25.5 Å². The first-order valence-corrected chi connectivity index (χ1v) is 9.16. The van der Waals surface area contributed by atoms with Gasteiger partial charge in [-0.3, -0.25) is 9.59 Å². The Morgan fingerprint density at radius 3 is 2.59 bits per heavy atom. The number of fused-ring (bicyclic) bond motifs is 1. The molecule has 2 aromatic carbocycles. The van der Waals surface area contributed by atoms with Crippen LogP contribution >= 0.6 is 0 Å². The van der Waals surface area contributed by atoms with Crippen LogP contribution < -0.4 is 10.9 Å². The zero-order valence-electron chi connectivity index (χ0n) is 14.9. The van der Waals surface area contributed by atoms with Gasteiger partial charge in [0.05, 0.1) is 18.0 Å². The maximum atomic E-state index is 12.8. The van der Waals surface area contributed by atoms with Gasteiger partial charge < -0.3 is 10.1 Å². The van der Waals surface area contributed by atoms with Crippen LogP contribution in [0.25, 0.3) is 10.8 Å². The van der Waals surface area contributed by atoms with Crippen molar-refractivity contribution in [3.05, 3.63) is 76.2 Å². The molecule has 138 valence electrons. The monoisotopic (exact) mass is 363 g/mol. The number of hydrogen-bond donors (Lipinski definition) is 1. The Morgan fingerprint density at radius 1 is 1.11 bits per heavy atom. The highest BCUT2D eigenvalue weighted by atomic mass is 16.5. The quantitative estimate of drug-likeness (QED) is 0.755. The van der Waals surface area contributed by atoms with Gasteiger partial charge in [0.1, 0.15) is 0 Å². The van der Waals surface area contributed by atoms with Crippen LogP contribution in [0.1, 0.15) is 28.9 Å².